The van der Waals surface area contributed by atoms with E-state index in [-0.39, 0.29) is 18.2 Å². The third kappa shape index (κ3) is 5.51. The molecule has 0 saturated heterocycles. The van der Waals surface area contributed by atoms with Gasteiger partial charge in [-0.25, -0.2) is 8.78 Å². The molecule has 7 heteroatoms. The summed E-state index contributed by atoms with van der Waals surface area (Å²) in [5.41, 5.74) is 3.68. The van der Waals surface area contributed by atoms with Gasteiger partial charge in [0.05, 0.1) is 6.54 Å². The molecule has 0 bridgehead atoms. The highest BCUT2D eigenvalue weighted by Crippen LogP contribution is 2.21. The number of nitrogens with one attached hydrogen (secondary N) is 2. The molecule has 2 aromatic carbocycles. The van der Waals surface area contributed by atoms with Crippen LogP contribution in [-0.2, 0) is 9.59 Å². The van der Waals surface area contributed by atoms with Gasteiger partial charge in [-0.3, -0.25) is 9.59 Å². The Morgan fingerprint density at radius 1 is 1.04 bits per heavy atom. The first kappa shape index (κ1) is 20.4. The predicted molar refractivity (Wildman–Crippen MR) is 98.7 cm³/mol. The number of anilines is 1. The maximum absolute atomic E-state index is 13.2. The molecule has 5 nitrogen and oxygen atoms in total. The van der Waals surface area contributed by atoms with Gasteiger partial charge in [-0.2, -0.15) is 0 Å². The quantitative estimate of drug-likeness (QED) is 0.812. The topological polar surface area (TPSA) is 67.4 Å². The van der Waals surface area contributed by atoms with Crippen molar-refractivity contribution in [2.75, 3.05) is 11.9 Å². The van der Waals surface area contributed by atoms with Crippen molar-refractivity contribution >= 4 is 17.5 Å². The van der Waals surface area contributed by atoms with E-state index in [4.69, 9.17) is 4.74 Å². The van der Waals surface area contributed by atoms with Gasteiger partial charge in [0, 0.05) is 11.8 Å². The Kier molecular flexibility index (Phi) is 6.50. The van der Waals surface area contributed by atoms with Crippen molar-refractivity contribution < 1.29 is 23.1 Å². The molecular formula is C20H22F2N2O3. The van der Waals surface area contributed by atoms with Crippen molar-refractivity contribution in [1.29, 1.82) is 0 Å². The molecular weight excluding hydrogens is 354 g/mol. The molecule has 0 aromatic heterocycles. The van der Waals surface area contributed by atoms with E-state index >= 15 is 0 Å². The van der Waals surface area contributed by atoms with Crippen LogP contribution in [0.15, 0.2) is 30.3 Å². The second-order valence-electron chi connectivity index (χ2n) is 6.38. The molecule has 1 unspecified atom stereocenters. The standard InChI is InChI=1S/C20H22F2N2O3/c1-11-7-12(2)19(13(3)8-11)24-18(25)10-23-20(26)14(4)27-15-5-6-16(21)17(22)9-15/h5-9,14H,10H2,1-4H3,(H,23,26)(H,24,25). The molecule has 0 aliphatic rings. The van der Waals surface area contributed by atoms with Crippen molar-refractivity contribution in [3.05, 3.63) is 58.7 Å². The molecule has 0 aliphatic heterocycles. The summed E-state index contributed by atoms with van der Waals surface area (Å²) in [6.07, 6.45) is -0.981. The number of carbonyl (C=O) groups is 2. The lowest BCUT2D eigenvalue weighted by Crippen LogP contribution is -2.40. The molecule has 2 N–H and O–H groups in total. The number of aryl methyl sites for hydroxylation is 3. The predicted octanol–water partition coefficient (Wildman–Crippen LogP) is 3.41. The number of hydrogen-bond donors (Lipinski definition) is 2. The van der Waals surface area contributed by atoms with Gasteiger partial charge in [0.25, 0.3) is 5.91 Å². The van der Waals surface area contributed by atoms with E-state index in [2.05, 4.69) is 10.6 Å². The molecule has 0 aliphatic carbocycles. The van der Waals surface area contributed by atoms with Gasteiger partial charge in [0.1, 0.15) is 5.75 Å². The van der Waals surface area contributed by atoms with Crippen LogP contribution >= 0.6 is 0 Å². The summed E-state index contributed by atoms with van der Waals surface area (Å²) >= 11 is 0. The number of hydrogen-bond acceptors (Lipinski definition) is 3. The summed E-state index contributed by atoms with van der Waals surface area (Å²) in [5.74, 6) is -2.97. The Morgan fingerprint density at radius 3 is 2.26 bits per heavy atom. The van der Waals surface area contributed by atoms with Gasteiger partial charge < -0.3 is 15.4 Å². The Labute approximate surface area is 156 Å². The van der Waals surface area contributed by atoms with E-state index in [9.17, 15) is 18.4 Å². The zero-order valence-corrected chi connectivity index (χ0v) is 15.7. The molecule has 27 heavy (non-hydrogen) atoms. The Hall–Kier alpha value is -2.96. The molecule has 1 atom stereocenters. The molecule has 0 heterocycles. The van der Waals surface area contributed by atoms with Gasteiger partial charge in [0.2, 0.25) is 5.91 Å². The summed E-state index contributed by atoms with van der Waals surface area (Å²) < 4.78 is 31.3. The highest BCUT2D eigenvalue weighted by Gasteiger charge is 2.17. The first-order chi connectivity index (χ1) is 12.7. The van der Waals surface area contributed by atoms with E-state index in [0.29, 0.717) is 5.69 Å². The monoisotopic (exact) mass is 376 g/mol. The van der Waals surface area contributed by atoms with Gasteiger partial charge in [-0.15, -0.1) is 0 Å². The summed E-state index contributed by atoms with van der Waals surface area (Å²) in [7, 11) is 0. The van der Waals surface area contributed by atoms with Crippen LogP contribution in [0.4, 0.5) is 14.5 Å². The minimum atomic E-state index is -1.07. The fraction of sp³-hybridized carbons (Fsp3) is 0.300. The second-order valence-corrected chi connectivity index (χ2v) is 6.38. The molecule has 2 rings (SSSR count). The van der Waals surface area contributed by atoms with E-state index in [0.717, 1.165) is 28.8 Å². The van der Waals surface area contributed by atoms with Crippen LogP contribution in [0.25, 0.3) is 0 Å². The van der Waals surface area contributed by atoms with E-state index in [1.165, 1.54) is 13.0 Å². The van der Waals surface area contributed by atoms with E-state index in [1.54, 1.807) is 0 Å². The number of rotatable bonds is 6. The fourth-order valence-electron chi connectivity index (χ4n) is 2.68. The van der Waals surface area contributed by atoms with Crippen molar-refractivity contribution in [2.24, 2.45) is 0 Å². The van der Waals surface area contributed by atoms with Crippen LogP contribution in [0.5, 0.6) is 5.75 Å². The third-order valence-corrected chi connectivity index (χ3v) is 3.94. The molecule has 0 saturated carbocycles. The zero-order chi connectivity index (χ0) is 20.1. The van der Waals surface area contributed by atoms with Crippen LogP contribution in [0, 0.1) is 32.4 Å². The number of halogens is 2. The SMILES string of the molecule is Cc1cc(C)c(NC(=O)CNC(=O)C(C)Oc2ccc(F)c(F)c2)c(C)c1. The summed E-state index contributed by atoms with van der Waals surface area (Å²) in [6.45, 7) is 6.97. The molecule has 2 aromatic rings. The van der Waals surface area contributed by atoms with Gasteiger partial charge in [-0.1, -0.05) is 17.7 Å². The van der Waals surface area contributed by atoms with Crippen LogP contribution in [-0.4, -0.2) is 24.5 Å². The average Bonchev–Trinajstić information content (AvgIpc) is 2.59. The van der Waals surface area contributed by atoms with Crippen molar-refractivity contribution in [3.8, 4) is 5.75 Å². The number of ether oxygens (including phenoxy) is 1. The third-order valence-electron chi connectivity index (χ3n) is 3.94. The summed E-state index contributed by atoms with van der Waals surface area (Å²) in [6, 6.07) is 6.90. The van der Waals surface area contributed by atoms with E-state index in [1.807, 2.05) is 32.9 Å². The molecule has 0 radical (unpaired) electrons. The lowest BCUT2D eigenvalue weighted by molar-refractivity contribution is -0.129. The van der Waals surface area contributed by atoms with Gasteiger partial charge in [-0.05, 0) is 51.0 Å². The van der Waals surface area contributed by atoms with Crippen LogP contribution < -0.4 is 15.4 Å². The smallest absolute Gasteiger partial charge is 0.261 e. The number of benzene rings is 2. The molecule has 144 valence electrons. The highest BCUT2D eigenvalue weighted by molar-refractivity contribution is 5.96. The number of carbonyl (C=O) groups excluding carboxylic acids is 2. The van der Waals surface area contributed by atoms with Gasteiger partial charge in [0.15, 0.2) is 17.7 Å². The van der Waals surface area contributed by atoms with Crippen LogP contribution in [0.2, 0.25) is 0 Å². The largest absolute Gasteiger partial charge is 0.481 e. The molecule has 0 fully saturated rings. The number of amides is 2. The molecule has 0 spiro atoms. The summed E-state index contributed by atoms with van der Waals surface area (Å²) in [4.78, 5) is 24.2. The minimum absolute atomic E-state index is 0.0203. The zero-order valence-electron chi connectivity index (χ0n) is 15.7. The Balaban J connectivity index is 1.89. The maximum Gasteiger partial charge on any atom is 0.261 e. The normalized spacial score (nSPS) is 11.6. The van der Waals surface area contributed by atoms with E-state index < -0.39 is 23.6 Å². The Morgan fingerprint density at radius 2 is 1.67 bits per heavy atom. The van der Waals surface area contributed by atoms with Crippen LogP contribution in [0.1, 0.15) is 23.6 Å². The fourth-order valence-corrected chi connectivity index (χ4v) is 2.68. The Bertz CT molecular complexity index is 845. The van der Waals surface area contributed by atoms with Crippen LogP contribution in [0.3, 0.4) is 0 Å². The molecule has 2 amide bonds. The first-order valence-electron chi connectivity index (χ1n) is 8.44. The second kappa shape index (κ2) is 8.62. The minimum Gasteiger partial charge on any atom is -0.481 e. The van der Waals surface area contributed by atoms with Crippen molar-refractivity contribution in [1.82, 2.24) is 5.32 Å². The first-order valence-corrected chi connectivity index (χ1v) is 8.44. The van der Waals surface area contributed by atoms with Crippen molar-refractivity contribution in [3.63, 3.8) is 0 Å². The maximum atomic E-state index is 13.2. The highest BCUT2D eigenvalue weighted by atomic mass is 19.2. The lowest BCUT2D eigenvalue weighted by atomic mass is 10.1. The average molecular weight is 376 g/mol. The summed E-state index contributed by atoms with van der Waals surface area (Å²) in [5, 5.41) is 5.23. The van der Waals surface area contributed by atoms with Gasteiger partial charge >= 0.3 is 0 Å². The van der Waals surface area contributed by atoms with Crippen molar-refractivity contribution in [2.45, 2.75) is 33.8 Å². The lowest BCUT2D eigenvalue weighted by Gasteiger charge is -2.16.